The largest absolute Gasteiger partial charge is 0.507 e. The number of phenolic OH excluding ortho intramolecular Hbond substituents is 1. The van der Waals surface area contributed by atoms with Crippen LogP contribution in [-0.2, 0) is 0 Å². The van der Waals surface area contributed by atoms with E-state index in [1.807, 2.05) is 0 Å². The van der Waals surface area contributed by atoms with Crippen LogP contribution in [0.15, 0.2) is 51.7 Å². The van der Waals surface area contributed by atoms with Gasteiger partial charge in [0.05, 0.1) is 10.9 Å². The van der Waals surface area contributed by atoms with Crippen molar-refractivity contribution < 1.29 is 38.8 Å². The predicted molar refractivity (Wildman–Crippen MR) is 105 cm³/mol. The Kier molecular flexibility index (Phi) is 6.03. The Morgan fingerprint density at radius 1 is 1.03 bits per heavy atom. The van der Waals surface area contributed by atoms with Crippen LogP contribution in [-0.4, -0.2) is 46.4 Å². The summed E-state index contributed by atoms with van der Waals surface area (Å²) in [5.74, 6) is -1.83. The molecule has 0 bridgehead atoms. The van der Waals surface area contributed by atoms with Gasteiger partial charge in [0.25, 0.3) is 0 Å². The fourth-order valence-corrected chi connectivity index (χ4v) is 2.66. The summed E-state index contributed by atoms with van der Waals surface area (Å²) in [6.45, 7) is 1.02. The second-order valence-electron chi connectivity index (χ2n) is 6.45. The Balaban J connectivity index is 1.61. The summed E-state index contributed by atoms with van der Waals surface area (Å²) in [5.41, 5.74) is -0.280. The van der Waals surface area contributed by atoms with Gasteiger partial charge in [-0.25, -0.2) is 4.79 Å². The number of ether oxygens (including phenoxy) is 2. The zero-order valence-corrected chi connectivity index (χ0v) is 15.8. The molecule has 1 unspecified atom stereocenters. The molecular formula is C21H18O9. The maximum Gasteiger partial charge on any atom is 0.371 e. The van der Waals surface area contributed by atoms with Crippen LogP contribution in [0.2, 0.25) is 0 Å². The number of carbonyl (C=O) groups is 2. The summed E-state index contributed by atoms with van der Waals surface area (Å²) in [7, 11) is 0. The fraction of sp³-hybridized carbons (Fsp3) is 0.190. The lowest BCUT2D eigenvalue weighted by Gasteiger charge is -2.14. The van der Waals surface area contributed by atoms with Crippen LogP contribution in [0.3, 0.4) is 0 Å². The molecule has 0 aliphatic carbocycles. The first-order valence-electron chi connectivity index (χ1n) is 8.83. The van der Waals surface area contributed by atoms with Gasteiger partial charge in [0, 0.05) is 18.2 Å². The van der Waals surface area contributed by atoms with Gasteiger partial charge in [-0.3, -0.25) is 9.59 Å². The van der Waals surface area contributed by atoms with Crippen molar-refractivity contribution in [3.63, 3.8) is 0 Å². The highest BCUT2D eigenvalue weighted by molar-refractivity contribution is 5.96. The SMILES string of the molecule is CC(=O)c1ccc(OCC(O)COc2ccc3c(=O)cc(C(=O)O)oc3c2)cc1O. The molecule has 0 aliphatic rings. The lowest BCUT2D eigenvalue weighted by molar-refractivity contribution is 0.0625. The average molecular weight is 414 g/mol. The molecule has 0 aliphatic heterocycles. The summed E-state index contributed by atoms with van der Waals surface area (Å²) in [6, 6.07) is 9.37. The summed E-state index contributed by atoms with van der Waals surface area (Å²) < 4.78 is 16.0. The van der Waals surface area contributed by atoms with Gasteiger partial charge in [-0.1, -0.05) is 0 Å². The molecule has 3 rings (SSSR count). The molecule has 9 nitrogen and oxygen atoms in total. The molecule has 0 spiro atoms. The van der Waals surface area contributed by atoms with E-state index >= 15 is 0 Å². The number of ketones is 1. The number of hydrogen-bond acceptors (Lipinski definition) is 8. The second kappa shape index (κ2) is 8.66. The summed E-state index contributed by atoms with van der Waals surface area (Å²) in [4.78, 5) is 34.2. The third kappa shape index (κ3) is 4.76. The van der Waals surface area contributed by atoms with E-state index in [1.165, 1.54) is 43.3 Å². The number of carboxylic acids is 1. The van der Waals surface area contributed by atoms with Gasteiger partial charge >= 0.3 is 5.97 Å². The molecule has 2 aromatic carbocycles. The molecule has 9 heteroatoms. The highest BCUT2D eigenvalue weighted by atomic mass is 16.5. The van der Waals surface area contributed by atoms with Gasteiger partial charge in [-0.05, 0) is 31.2 Å². The number of benzene rings is 2. The lowest BCUT2D eigenvalue weighted by atomic mass is 10.1. The number of rotatable bonds is 8. The maximum absolute atomic E-state index is 11.9. The zero-order chi connectivity index (χ0) is 21.8. The van der Waals surface area contributed by atoms with Crippen molar-refractivity contribution in [1.29, 1.82) is 0 Å². The van der Waals surface area contributed by atoms with Crippen molar-refractivity contribution in [3.05, 3.63) is 64.0 Å². The fourth-order valence-electron chi connectivity index (χ4n) is 2.66. The first-order valence-corrected chi connectivity index (χ1v) is 8.83. The van der Waals surface area contributed by atoms with E-state index < -0.39 is 23.3 Å². The second-order valence-corrected chi connectivity index (χ2v) is 6.45. The van der Waals surface area contributed by atoms with Gasteiger partial charge in [-0.15, -0.1) is 0 Å². The third-order valence-electron chi connectivity index (χ3n) is 4.14. The van der Waals surface area contributed by atoms with Gasteiger partial charge in [-0.2, -0.15) is 0 Å². The first-order chi connectivity index (χ1) is 14.2. The number of carbonyl (C=O) groups excluding carboxylic acids is 1. The predicted octanol–water partition coefficient (Wildman–Crippen LogP) is 2.22. The Morgan fingerprint density at radius 2 is 1.67 bits per heavy atom. The number of carboxylic acid groups (broad SMARTS) is 1. The number of hydrogen-bond donors (Lipinski definition) is 3. The molecule has 30 heavy (non-hydrogen) atoms. The summed E-state index contributed by atoms with van der Waals surface area (Å²) >= 11 is 0. The van der Waals surface area contributed by atoms with Gasteiger partial charge in [0.2, 0.25) is 5.76 Å². The minimum atomic E-state index is -1.37. The van der Waals surface area contributed by atoms with E-state index in [2.05, 4.69) is 0 Å². The molecule has 1 aromatic heterocycles. The number of fused-ring (bicyclic) bond motifs is 1. The monoisotopic (exact) mass is 414 g/mol. The van der Waals surface area contributed by atoms with Crippen molar-refractivity contribution in [3.8, 4) is 17.2 Å². The Bertz CT molecular complexity index is 1160. The maximum atomic E-state index is 11.9. The molecule has 3 aromatic rings. The molecular weight excluding hydrogens is 396 g/mol. The molecule has 0 radical (unpaired) electrons. The highest BCUT2D eigenvalue weighted by Gasteiger charge is 2.13. The van der Waals surface area contributed by atoms with Crippen LogP contribution in [0.4, 0.5) is 0 Å². The van der Waals surface area contributed by atoms with Crippen molar-refractivity contribution in [2.24, 2.45) is 0 Å². The zero-order valence-electron chi connectivity index (χ0n) is 15.8. The first kappa shape index (κ1) is 20.9. The van der Waals surface area contributed by atoms with E-state index in [-0.39, 0.29) is 52.8 Å². The van der Waals surface area contributed by atoms with Crippen LogP contribution in [0, 0.1) is 0 Å². The Morgan fingerprint density at radius 3 is 2.27 bits per heavy atom. The molecule has 0 amide bonds. The Labute approximate surface area is 169 Å². The normalized spacial score (nSPS) is 11.8. The van der Waals surface area contributed by atoms with Crippen LogP contribution in [0.1, 0.15) is 27.8 Å². The van der Waals surface area contributed by atoms with Gasteiger partial charge < -0.3 is 29.2 Å². The van der Waals surface area contributed by atoms with E-state index in [4.69, 9.17) is 19.0 Å². The minimum Gasteiger partial charge on any atom is -0.507 e. The number of aliphatic hydroxyl groups is 1. The number of phenols is 1. The van der Waals surface area contributed by atoms with Crippen molar-refractivity contribution >= 4 is 22.7 Å². The van der Waals surface area contributed by atoms with E-state index in [1.54, 1.807) is 0 Å². The number of aromatic hydroxyl groups is 1. The van der Waals surface area contributed by atoms with Gasteiger partial charge in [0.15, 0.2) is 11.2 Å². The van der Waals surface area contributed by atoms with Crippen molar-refractivity contribution in [1.82, 2.24) is 0 Å². The van der Waals surface area contributed by atoms with E-state index in [0.717, 1.165) is 6.07 Å². The molecule has 0 saturated carbocycles. The van der Waals surface area contributed by atoms with Gasteiger partial charge in [0.1, 0.15) is 42.1 Å². The molecule has 156 valence electrons. The van der Waals surface area contributed by atoms with Crippen LogP contribution >= 0.6 is 0 Å². The van der Waals surface area contributed by atoms with E-state index in [0.29, 0.717) is 0 Å². The van der Waals surface area contributed by atoms with Crippen LogP contribution in [0.25, 0.3) is 11.0 Å². The molecule has 1 heterocycles. The molecule has 0 fully saturated rings. The third-order valence-corrected chi connectivity index (χ3v) is 4.14. The summed E-state index contributed by atoms with van der Waals surface area (Å²) in [6.07, 6.45) is -1.03. The molecule has 1 atom stereocenters. The topological polar surface area (TPSA) is 144 Å². The minimum absolute atomic E-state index is 0.0455. The standard InChI is InChI=1S/C21H18O9/c1-11(22)15-4-2-13(6-17(15)24)28-9-12(23)10-29-14-3-5-16-18(25)8-20(21(26)27)30-19(16)7-14/h2-8,12,23-24H,9-10H2,1H3,(H,26,27). The number of aromatic carboxylic acids is 1. The van der Waals surface area contributed by atoms with Crippen molar-refractivity contribution in [2.45, 2.75) is 13.0 Å². The quantitative estimate of drug-likeness (QED) is 0.473. The van der Waals surface area contributed by atoms with Crippen LogP contribution < -0.4 is 14.9 Å². The molecule has 0 saturated heterocycles. The highest BCUT2D eigenvalue weighted by Crippen LogP contribution is 2.24. The van der Waals surface area contributed by atoms with E-state index in [9.17, 15) is 24.6 Å². The Hall–Kier alpha value is -3.85. The smallest absolute Gasteiger partial charge is 0.371 e. The summed E-state index contributed by atoms with van der Waals surface area (Å²) in [5, 5.41) is 29.0. The lowest BCUT2D eigenvalue weighted by Crippen LogP contribution is -2.25. The van der Waals surface area contributed by atoms with Crippen molar-refractivity contribution in [2.75, 3.05) is 13.2 Å². The molecule has 3 N–H and O–H groups in total. The average Bonchev–Trinajstić information content (AvgIpc) is 2.70. The number of Topliss-reactive ketones (excluding diaryl/α,β-unsaturated/α-hetero) is 1. The number of aliphatic hydroxyl groups excluding tert-OH is 1. The van der Waals surface area contributed by atoms with Crippen LogP contribution in [0.5, 0.6) is 17.2 Å².